The number of carboxylic acid groups (broad SMARTS) is 1. The third-order valence-electron chi connectivity index (χ3n) is 9.41. The summed E-state index contributed by atoms with van der Waals surface area (Å²) < 4.78 is 59.7. The topological polar surface area (TPSA) is 83.0 Å². The fourth-order valence-electron chi connectivity index (χ4n) is 6.97. The van der Waals surface area contributed by atoms with Crippen LogP contribution in [0.3, 0.4) is 0 Å². The van der Waals surface area contributed by atoms with Crippen molar-refractivity contribution in [1.82, 2.24) is 14.8 Å². The number of pyridine rings is 1. The maximum absolute atomic E-state index is 13.9. The van der Waals surface area contributed by atoms with Crippen molar-refractivity contribution in [3.05, 3.63) is 64.7 Å². The minimum absolute atomic E-state index is 0.0358. The molecule has 2 saturated heterocycles. The van der Waals surface area contributed by atoms with Crippen LogP contribution in [0.4, 0.5) is 17.6 Å². The van der Waals surface area contributed by atoms with Crippen LogP contribution in [0.2, 0.25) is 0 Å². The van der Waals surface area contributed by atoms with E-state index in [-0.39, 0.29) is 36.1 Å². The number of carbonyl (C=O) groups is 2. The summed E-state index contributed by atoms with van der Waals surface area (Å²) >= 11 is 0. The van der Waals surface area contributed by atoms with Crippen molar-refractivity contribution in [2.24, 2.45) is 11.8 Å². The van der Waals surface area contributed by atoms with E-state index in [0.717, 1.165) is 30.7 Å². The summed E-state index contributed by atoms with van der Waals surface area (Å²) in [5, 5.41) is 10.0. The summed E-state index contributed by atoms with van der Waals surface area (Å²) in [6.07, 6.45) is 0.244. The van der Waals surface area contributed by atoms with E-state index in [1.807, 2.05) is 0 Å². The van der Waals surface area contributed by atoms with Crippen LogP contribution in [0.15, 0.2) is 36.5 Å². The molecule has 220 valence electrons. The molecule has 1 aliphatic carbocycles. The second-order valence-electron chi connectivity index (χ2n) is 11.9. The molecule has 3 fully saturated rings. The smallest absolute Gasteiger partial charge is 0.417 e. The fraction of sp³-hybridized carbons (Fsp3) is 0.567. The normalized spacial score (nSPS) is 29.2. The van der Waals surface area contributed by atoms with Crippen LogP contribution in [-0.2, 0) is 33.5 Å². The number of hydrogen-bond donors (Lipinski definition) is 1. The van der Waals surface area contributed by atoms with Gasteiger partial charge in [0.25, 0.3) is 5.91 Å². The molecule has 1 aromatic heterocycles. The molecule has 1 N–H and O–H groups in total. The molecule has 11 heteroatoms. The molecule has 1 saturated carbocycles. The molecule has 3 unspecified atom stereocenters. The Bertz CT molecular complexity index is 1310. The summed E-state index contributed by atoms with van der Waals surface area (Å²) in [5.74, 6) is -2.20. The van der Waals surface area contributed by atoms with E-state index in [1.165, 1.54) is 12.1 Å². The molecule has 2 aromatic rings. The van der Waals surface area contributed by atoms with Gasteiger partial charge < -0.3 is 14.7 Å². The Labute approximate surface area is 235 Å². The highest BCUT2D eigenvalue weighted by Gasteiger charge is 2.56. The highest BCUT2D eigenvalue weighted by molar-refractivity contribution is 5.86. The molecule has 7 nitrogen and oxygen atoms in total. The molecule has 4 aliphatic rings. The molecule has 0 bridgehead atoms. The molecule has 0 radical (unpaired) electrons. The third-order valence-corrected chi connectivity index (χ3v) is 9.41. The van der Waals surface area contributed by atoms with Gasteiger partial charge in [-0.3, -0.25) is 19.5 Å². The number of likely N-dealkylation sites (tertiary alicyclic amines) is 1. The molecule has 1 amide bonds. The fourth-order valence-corrected chi connectivity index (χ4v) is 6.97. The summed E-state index contributed by atoms with van der Waals surface area (Å²) in [6, 6.07) is 7.09. The second-order valence-corrected chi connectivity index (χ2v) is 11.9. The van der Waals surface area contributed by atoms with E-state index in [9.17, 15) is 32.3 Å². The number of ether oxygens (including phenoxy) is 1. The number of benzene rings is 1. The Balaban J connectivity index is 1.13. The SMILES string of the molecule is O=C(O)[C@@H]1CN(C2CCC(C(=O)N3CCc4ncc(C(F)(F)F)cc4C3)(C3CC3)OC2)CCC1c1ccc(F)cc1. The van der Waals surface area contributed by atoms with Crippen LogP contribution in [-0.4, -0.2) is 69.7 Å². The van der Waals surface area contributed by atoms with Gasteiger partial charge in [0.15, 0.2) is 0 Å². The van der Waals surface area contributed by atoms with Crippen molar-refractivity contribution in [1.29, 1.82) is 0 Å². The second kappa shape index (κ2) is 10.7. The van der Waals surface area contributed by atoms with Gasteiger partial charge in [0.2, 0.25) is 0 Å². The van der Waals surface area contributed by atoms with Crippen molar-refractivity contribution in [3.63, 3.8) is 0 Å². The average Bonchev–Trinajstić information content (AvgIpc) is 3.82. The van der Waals surface area contributed by atoms with E-state index in [0.29, 0.717) is 63.2 Å². The van der Waals surface area contributed by atoms with Gasteiger partial charge >= 0.3 is 12.1 Å². The summed E-state index contributed by atoms with van der Waals surface area (Å²) in [6.45, 7) is 1.75. The summed E-state index contributed by atoms with van der Waals surface area (Å²) in [4.78, 5) is 33.9. The number of aliphatic carboxylic acids is 1. The standard InChI is InChI=1S/C30H33F4N3O4/c31-22-5-1-18(2-6-22)24-8-11-36(16-25(24)27(38)39)23-7-10-29(41-17-23,20-3-4-20)28(40)37-12-9-26-19(15-37)13-21(14-35-26)30(32,33)34/h1-2,5-6,13-14,20,23-25H,3-4,7-12,15-17H2,(H,38,39)/t23?,24?,25-,29?/m1/s1. The van der Waals surface area contributed by atoms with Gasteiger partial charge in [0.05, 0.1) is 18.1 Å². The van der Waals surface area contributed by atoms with E-state index in [4.69, 9.17) is 4.74 Å². The van der Waals surface area contributed by atoms with Crippen molar-refractivity contribution in [2.75, 3.05) is 26.2 Å². The number of amides is 1. The average molecular weight is 576 g/mol. The zero-order valence-electron chi connectivity index (χ0n) is 22.6. The Morgan fingerprint density at radius 3 is 2.46 bits per heavy atom. The minimum atomic E-state index is -4.50. The Hall–Kier alpha value is -3.05. The molecule has 4 heterocycles. The molecular weight excluding hydrogens is 542 g/mol. The van der Waals surface area contributed by atoms with Gasteiger partial charge in [-0.15, -0.1) is 0 Å². The Morgan fingerprint density at radius 2 is 1.83 bits per heavy atom. The van der Waals surface area contributed by atoms with Gasteiger partial charge in [-0.2, -0.15) is 13.2 Å². The van der Waals surface area contributed by atoms with Crippen molar-refractivity contribution < 1.29 is 37.0 Å². The van der Waals surface area contributed by atoms with Crippen LogP contribution in [0.25, 0.3) is 0 Å². The lowest BCUT2D eigenvalue weighted by molar-refractivity contribution is -0.177. The predicted octanol–water partition coefficient (Wildman–Crippen LogP) is 4.64. The molecule has 41 heavy (non-hydrogen) atoms. The van der Waals surface area contributed by atoms with Gasteiger partial charge in [0.1, 0.15) is 11.4 Å². The molecule has 4 atom stereocenters. The van der Waals surface area contributed by atoms with Crippen molar-refractivity contribution in [2.45, 2.75) is 68.8 Å². The lowest BCUT2D eigenvalue weighted by atomic mass is 9.79. The first-order valence-electron chi connectivity index (χ1n) is 14.3. The van der Waals surface area contributed by atoms with Gasteiger partial charge in [-0.25, -0.2) is 4.39 Å². The molecule has 1 aromatic carbocycles. The van der Waals surface area contributed by atoms with Gasteiger partial charge in [-0.05, 0) is 79.8 Å². The number of rotatable bonds is 5. The summed E-state index contributed by atoms with van der Waals surface area (Å²) in [5.41, 5.74) is 0.00761. The first-order chi connectivity index (χ1) is 19.5. The van der Waals surface area contributed by atoms with Crippen molar-refractivity contribution >= 4 is 11.9 Å². The number of hydrogen-bond acceptors (Lipinski definition) is 5. The number of fused-ring (bicyclic) bond motifs is 1. The van der Waals surface area contributed by atoms with E-state index in [2.05, 4.69) is 9.88 Å². The van der Waals surface area contributed by atoms with E-state index < -0.39 is 29.2 Å². The Kier molecular flexibility index (Phi) is 7.30. The lowest BCUT2D eigenvalue weighted by Gasteiger charge is -2.47. The lowest BCUT2D eigenvalue weighted by Crippen LogP contribution is -2.59. The predicted molar refractivity (Wildman–Crippen MR) is 139 cm³/mol. The summed E-state index contributed by atoms with van der Waals surface area (Å²) in [7, 11) is 0. The first kappa shape index (κ1) is 28.1. The van der Waals surface area contributed by atoms with Crippen LogP contribution < -0.4 is 0 Å². The first-order valence-corrected chi connectivity index (χ1v) is 14.3. The van der Waals surface area contributed by atoms with Gasteiger partial charge in [-0.1, -0.05) is 12.1 Å². The van der Waals surface area contributed by atoms with Crippen LogP contribution in [0, 0.1) is 17.7 Å². The highest BCUT2D eigenvalue weighted by Crippen LogP contribution is 2.49. The Morgan fingerprint density at radius 1 is 1.07 bits per heavy atom. The van der Waals surface area contributed by atoms with Gasteiger partial charge in [0, 0.05) is 44.0 Å². The number of aromatic nitrogens is 1. The zero-order chi connectivity index (χ0) is 28.9. The quantitative estimate of drug-likeness (QED) is 0.524. The van der Waals surface area contributed by atoms with Crippen molar-refractivity contribution in [3.8, 4) is 0 Å². The molecule has 3 aliphatic heterocycles. The number of carbonyl (C=O) groups excluding carboxylic acids is 1. The molecule has 6 rings (SSSR count). The van der Waals surface area contributed by atoms with Crippen LogP contribution in [0.5, 0.6) is 0 Å². The number of halogens is 4. The van der Waals surface area contributed by atoms with Crippen LogP contribution >= 0.6 is 0 Å². The zero-order valence-corrected chi connectivity index (χ0v) is 22.6. The highest BCUT2D eigenvalue weighted by atomic mass is 19.4. The van der Waals surface area contributed by atoms with E-state index >= 15 is 0 Å². The molecule has 0 spiro atoms. The minimum Gasteiger partial charge on any atom is -0.481 e. The van der Waals surface area contributed by atoms with Crippen LogP contribution in [0.1, 0.15) is 60.4 Å². The maximum Gasteiger partial charge on any atom is 0.417 e. The molecular formula is C30H33F4N3O4. The number of alkyl halides is 3. The third kappa shape index (κ3) is 5.46. The maximum atomic E-state index is 13.9. The van der Waals surface area contributed by atoms with E-state index in [1.54, 1.807) is 17.0 Å². The monoisotopic (exact) mass is 575 g/mol. The number of carboxylic acids is 1. The number of nitrogens with zero attached hydrogens (tertiary/aromatic N) is 3. The number of piperidine rings is 1. The largest absolute Gasteiger partial charge is 0.481 e.